The monoisotopic (exact) mass is 354 g/mol. The van der Waals surface area contributed by atoms with Gasteiger partial charge in [0.1, 0.15) is 11.6 Å². The number of ether oxygens (including phenoxy) is 1. The van der Waals surface area contributed by atoms with Crippen LogP contribution < -0.4 is 10.5 Å². The number of nitriles is 1. The minimum atomic E-state index is -0.795. The quantitative estimate of drug-likeness (QED) is 0.733. The number of aromatic nitrogens is 2. The summed E-state index contributed by atoms with van der Waals surface area (Å²) in [5.74, 6) is 0.576. The molecule has 2 aliphatic rings. The lowest BCUT2D eigenvalue weighted by Gasteiger charge is -2.35. The number of nitrogens with one attached hydrogen (secondary N) is 1. The second-order valence-electron chi connectivity index (χ2n) is 6.93. The molecule has 27 heavy (non-hydrogen) atoms. The number of H-pyrrole nitrogens is 1. The van der Waals surface area contributed by atoms with Crippen molar-refractivity contribution < 1.29 is 4.74 Å². The molecule has 2 aromatic carbocycles. The van der Waals surface area contributed by atoms with Crippen LogP contribution in [0.1, 0.15) is 35.7 Å². The number of fused-ring (bicyclic) bond motifs is 7. The van der Waals surface area contributed by atoms with Crippen LogP contribution in [-0.4, -0.2) is 10.2 Å². The first-order valence-electron chi connectivity index (χ1n) is 9.08. The van der Waals surface area contributed by atoms with Crippen LogP contribution in [0.2, 0.25) is 0 Å². The van der Waals surface area contributed by atoms with Gasteiger partial charge in [-0.15, -0.1) is 5.10 Å². The van der Waals surface area contributed by atoms with Crippen LogP contribution in [-0.2, 0) is 11.8 Å². The average molecular weight is 354 g/mol. The highest BCUT2D eigenvalue weighted by Crippen LogP contribution is 2.60. The molecule has 3 aromatic rings. The Kier molecular flexibility index (Phi) is 3.19. The maximum Gasteiger partial charge on any atom is 0.244 e. The summed E-state index contributed by atoms with van der Waals surface area (Å²) >= 11 is 0. The van der Waals surface area contributed by atoms with Crippen LogP contribution in [0, 0.1) is 11.3 Å². The number of rotatable bonds is 2. The van der Waals surface area contributed by atoms with Gasteiger partial charge in [0, 0.05) is 5.69 Å². The van der Waals surface area contributed by atoms with E-state index in [2.05, 4.69) is 47.5 Å². The highest BCUT2D eigenvalue weighted by Gasteiger charge is 2.54. The van der Waals surface area contributed by atoms with Crippen LogP contribution >= 0.6 is 0 Å². The van der Waals surface area contributed by atoms with Crippen LogP contribution in [0.3, 0.4) is 0 Å². The Morgan fingerprint density at radius 3 is 2.33 bits per heavy atom. The van der Waals surface area contributed by atoms with Crippen LogP contribution in [0.15, 0.2) is 60.0 Å². The molecule has 5 heteroatoms. The molecule has 0 bridgehead atoms. The lowest BCUT2D eigenvalue weighted by molar-refractivity contribution is 0.367. The summed E-state index contributed by atoms with van der Waals surface area (Å²) in [6.07, 6.45) is 1.77. The number of nitrogens with two attached hydrogens (primary N) is 1. The van der Waals surface area contributed by atoms with Crippen LogP contribution in [0.4, 0.5) is 0 Å². The van der Waals surface area contributed by atoms with E-state index in [0.29, 0.717) is 11.5 Å². The SMILES string of the molecule is CCCc1[nH]nc2c1C1(C(C#N)=C(N)O2)c2ccccc2-c2ccccc21. The lowest BCUT2D eigenvalue weighted by atomic mass is 9.66. The second kappa shape index (κ2) is 5.49. The molecule has 0 saturated heterocycles. The minimum Gasteiger partial charge on any atom is -0.420 e. The number of nitrogens with zero attached hydrogens (tertiary/aromatic N) is 2. The number of hydrogen-bond acceptors (Lipinski definition) is 4. The van der Waals surface area contributed by atoms with Gasteiger partial charge in [-0.05, 0) is 28.7 Å². The molecular weight excluding hydrogens is 336 g/mol. The highest BCUT2D eigenvalue weighted by molar-refractivity contribution is 5.88. The van der Waals surface area contributed by atoms with Crippen molar-refractivity contribution in [2.45, 2.75) is 25.2 Å². The molecule has 0 unspecified atom stereocenters. The number of hydrogen-bond donors (Lipinski definition) is 2. The van der Waals surface area contributed by atoms with Gasteiger partial charge < -0.3 is 10.5 Å². The van der Waals surface area contributed by atoms with Gasteiger partial charge in [0.05, 0.1) is 11.0 Å². The third kappa shape index (κ3) is 1.79. The Morgan fingerprint density at radius 2 is 1.74 bits per heavy atom. The van der Waals surface area contributed by atoms with Gasteiger partial charge in [0.15, 0.2) is 0 Å². The zero-order valence-corrected chi connectivity index (χ0v) is 14.9. The van der Waals surface area contributed by atoms with Crippen molar-refractivity contribution in [3.8, 4) is 23.1 Å². The van der Waals surface area contributed by atoms with E-state index in [1.165, 1.54) is 0 Å². The Bertz CT molecular complexity index is 1100. The third-order valence-electron chi connectivity index (χ3n) is 5.58. The Labute approximate surface area is 157 Å². The molecule has 132 valence electrons. The second-order valence-corrected chi connectivity index (χ2v) is 6.93. The zero-order valence-electron chi connectivity index (χ0n) is 14.9. The number of benzene rings is 2. The summed E-state index contributed by atoms with van der Waals surface area (Å²) in [5, 5.41) is 17.6. The van der Waals surface area contributed by atoms with Gasteiger partial charge in [-0.1, -0.05) is 61.9 Å². The summed E-state index contributed by atoms with van der Waals surface area (Å²) in [4.78, 5) is 0. The van der Waals surface area contributed by atoms with E-state index in [4.69, 9.17) is 10.5 Å². The molecule has 5 rings (SSSR count). The fraction of sp³-hybridized carbons (Fsp3) is 0.182. The molecule has 1 spiro atoms. The van der Waals surface area contributed by atoms with E-state index < -0.39 is 5.41 Å². The summed E-state index contributed by atoms with van der Waals surface area (Å²) in [7, 11) is 0. The fourth-order valence-corrected chi connectivity index (χ4v) is 4.63. The van der Waals surface area contributed by atoms with E-state index >= 15 is 0 Å². The van der Waals surface area contributed by atoms with E-state index in [1.54, 1.807) is 0 Å². The number of aromatic amines is 1. The molecule has 5 nitrogen and oxygen atoms in total. The summed E-state index contributed by atoms with van der Waals surface area (Å²) in [5.41, 5.74) is 12.1. The fourth-order valence-electron chi connectivity index (χ4n) is 4.63. The average Bonchev–Trinajstić information content (AvgIpc) is 3.21. The maximum absolute atomic E-state index is 10.1. The molecule has 1 aliphatic heterocycles. The standard InChI is InChI=1S/C22H18N4O/c1-2-7-18-19-21(26-25-18)27-20(24)17(12-23)22(19)15-10-5-3-8-13(15)14-9-4-6-11-16(14)22/h3-6,8-11H,2,7,24H2,1H3,(H,25,26). The molecule has 1 aliphatic carbocycles. The van der Waals surface area contributed by atoms with Crippen molar-refractivity contribution in [1.82, 2.24) is 10.2 Å². The lowest BCUT2D eigenvalue weighted by Crippen LogP contribution is -2.36. The van der Waals surface area contributed by atoms with E-state index in [0.717, 1.165) is 46.4 Å². The van der Waals surface area contributed by atoms with E-state index in [9.17, 15) is 5.26 Å². The van der Waals surface area contributed by atoms with Gasteiger partial charge in [0.2, 0.25) is 11.8 Å². The predicted octanol–water partition coefficient (Wildman–Crippen LogP) is 3.76. The Hall–Kier alpha value is -3.52. The van der Waals surface area contributed by atoms with Gasteiger partial charge >= 0.3 is 0 Å². The maximum atomic E-state index is 10.1. The van der Waals surface area contributed by atoms with Crippen molar-refractivity contribution in [1.29, 1.82) is 5.26 Å². The van der Waals surface area contributed by atoms with E-state index in [1.807, 2.05) is 24.3 Å². The van der Waals surface area contributed by atoms with Crippen molar-refractivity contribution in [2.75, 3.05) is 0 Å². The van der Waals surface area contributed by atoms with Crippen molar-refractivity contribution in [2.24, 2.45) is 5.73 Å². The summed E-state index contributed by atoms with van der Waals surface area (Å²) in [6.45, 7) is 2.12. The molecule has 1 aromatic heterocycles. The largest absolute Gasteiger partial charge is 0.420 e. The predicted molar refractivity (Wildman–Crippen MR) is 102 cm³/mol. The highest BCUT2D eigenvalue weighted by atomic mass is 16.5. The van der Waals surface area contributed by atoms with E-state index in [-0.39, 0.29) is 5.88 Å². The van der Waals surface area contributed by atoms with Gasteiger partial charge in [-0.3, -0.25) is 5.10 Å². The van der Waals surface area contributed by atoms with Crippen LogP contribution in [0.25, 0.3) is 11.1 Å². The smallest absolute Gasteiger partial charge is 0.244 e. The molecular formula is C22H18N4O. The number of aryl methyl sites for hydroxylation is 1. The van der Waals surface area contributed by atoms with Crippen molar-refractivity contribution in [3.63, 3.8) is 0 Å². The first-order chi connectivity index (χ1) is 13.2. The first kappa shape index (κ1) is 15.7. The normalized spacial score (nSPS) is 15.7. The molecule has 0 amide bonds. The Morgan fingerprint density at radius 1 is 1.11 bits per heavy atom. The van der Waals surface area contributed by atoms with Crippen molar-refractivity contribution in [3.05, 3.63) is 82.4 Å². The zero-order chi connectivity index (χ0) is 18.6. The number of allylic oxidation sites excluding steroid dienone is 1. The van der Waals surface area contributed by atoms with Crippen molar-refractivity contribution >= 4 is 0 Å². The van der Waals surface area contributed by atoms with Gasteiger partial charge in [0.25, 0.3) is 0 Å². The molecule has 0 saturated carbocycles. The Balaban J connectivity index is 1.99. The summed E-state index contributed by atoms with van der Waals surface area (Å²) < 4.78 is 5.77. The third-order valence-corrected chi connectivity index (χ3v) is 5.58. The van der Waals surface area contributed by atoms with Crippen LogP contribution in [0.5, 0.6) is 5.88 Å². The van der Waals surface area contributed by atoms with Gasteiger partial charge in [-0.2, -0.15) is 5.26 Å². The summed E-state index contributed by atoms with van der Waals surface area (Å²) in [6, 6.07) is 18.8. The molecule has 0 atom stereocenters. The molecule has 2 heterocycles. The molecule has 0 fully saturated rings. The molecule has 0 radical (unpaired) electrons. The topological polar surface area (TPSA) is 87.7 Å². The molecule has 3 N–H and O–H groups in total. The minimum absolute atomic E-state index is 0.117. The van der Waals surface area contributed by atoms with Gasteiger partial charge in [-0.25, -0.2) is 0 Å². The first-order valence-corrected chi connectivity index (χ1v) is 9.08.